The van der Waals surface area contributed by atoms with E-state index in [2.05, 4.69) is 9.97 Å². The zero-order chi connectivity index (χ0) is 20.1. The lowest BCUT2D eigenvalue weighted by Gasteiger charge is -2.32. The van der Waals surface area contributed by atoms with Crippen LogP contribution in [-0.2, 0) is 22.4 Å². The van der Waals surface area contributed by atoms with E-state index in [0.717, 1.165) is 17.1 Å². The number of ether oxygens (including phenoxy) is 1. The van der Waals surface area contributed by atoms with E-state index < -0.39 is 0 Å². The lowest BCUT2D eigenvalue weighted by molar-refractivity contribution is -0.138. The first-order valence-electron chi connectivity index (χ1n) is 9.67. The zero-order valence-corrected chi connectivity index (χ0v) is 16.0. The lowest BCUT2D eigenvalue weighted by Crippen LogP contribution is -2.43. The Morgan fingerprint density at radius 2 is 1.90 bits per heavy atom. The van der Waals surface area contributed by atoms with Crippen LogP contribution in [0.5, 0.6) is 0 Å². The molecule has 0 unspecified atom stereocenters. The van der Waals surface area contributed by atoms with Crippen LogP contribution in [-0.4, -0.2) is 40.5 Å². The van der Waals surface area contributed by atoms with Gasteiger partial charge in [-0.05, 0) is 35.9 Å². The van der Waals surface area contributed by atoms with Crippen LogP contribution in [0.25, 0.3) is 0 Å². The van der Waals surface area contributed by atoms with Crippen molar-refractivity contribution in [1.29, 1.82) is 0 Å². The molecular formula is C23H22FN3O2. The predicted molar refractivity (Wildman–Crippen MR) is 107 cm³/mol. The predicted octanol–water partition coefficient (Wildman–Crippen LogP) is 3.35. The Bertz CT molecular complexity index is 981. The number of hydrogen-bond acceptors (Lipinski definition) is 4. The summed E-state index contributed by atoms with van der Waals surface area (Å²) in [6.45, 7) is 1.46. The first-order chi connectivity index (χ1) is 14.2. The van der Waals surface area contributed by atoms with Gasteiger partial charge in [0, 0.05) is 30.6 Å². The quantitative estimate of drug-likeness (QED) is 0.669. The van der Waals surface area contributed by atoms with Crippen molar-refractivity contribution >= 4 is 5.91 Å². The van der Waals surface area contributed by atoms with E-state index in [9.17, 15) is 9.18 Å². The number of pyridine rings is 2. The summed E-state index contributed by atoms with van der Waals surface area (Å²) < 4.78 is 19.8. The van der Waals surface area contributed by atoms with Crippen molar-refractivity contribution in [3.05, 3.63) is 95.3 Å². The number of amides is 1. The molecule has 3 heterocycles. The summed E-state index contributed by atoms with van der Waals surface area (Å²) in [6, 6.07) is 17.9. The Balaban J connectivity index is 1.44. The standard InChI is InChI=1S/C23H22FN3O2/c24-20-9-2-1-6-17(20)14-19-8-5-10-21(26-19)22-16-27(12-13-29-22)23(28)15-18-7-3-4-11-25-18/h1-11,22H,12-16H2/t22-/m1/s1. The van der Waals surface area contributed by atoms with Crippen molar-refractivity contribution < 1.29 is 13.9 Å². The Morgan fingerprint density at radius 1 is 1.07 bits per heavy atom. The average molecular weight is 391 g/mol. The van der Waals surface area contributed by atoms with Crippen LogP contribution in [0, 0.1) is 5.82 Å². The van der Waals surface area contributed by atoms with E-state index in [1.54, 1.807) is 23.2 Å². The van der Waals surface area contributed by atoms with Gasteiger partial charge in [0.2, 0.25) is 5.91 Å². The molecule has 3 aromatic rings. The first kappa shape index (κ1) is 19.2. The van der Waals surface area contributed by atoms with E-state index in [4.69, 9.17) is 4.74 Å². The number of nitrogens with zero attached hydrogens (tertiary/aromatic N) is 3. The molecule has 1 amide bonds. The maximum atomic E-state index is 13.9. The fourth-order valence-corrected chi connectivity index (χ4v) is 3.44. The van der Waals surface area contributed by atoms with Crippen LogP contribution in [0.4, 0.5) is 4.39 Å². The molecule has 1 atom stereocenters. The number of hydrogen-bond donors (Lipinski definition) is 0. The fraction of sp³-hybridized carbons (Fsp3) is 0.261. The number of morpholine rings is 1. The van der Waals surface area contributed by atoms with Crippen molar-refractivity contribution in [2.45, 2.75) is 18.9 Å². The highest BCUT2D eigenvalue weighted by Gasteiger charge is 2.26. The Hall–Kier alpha value is -3.12. The van der Waals surface area contributed by atoms with Crippen molar-refractivity contribution in [1.82, 2.24) is 14.9 Å². The third kappa shape index (κ3) is 4.84. The van der Waals surface area contributed by atoms with Gasteiger partial charge < -0.3 is 9.64 Å². The topological polar surface area (TPSA) is 55.3 Å². The Morgan fingerprint density at radius 3 is 2.72 bits per heavy atom. The molecule has 5 nitrogen and oxygen atoms in total. The molecule has 0 saturated carbocycles. The second-order valence-corrected chi connectivity index (χ2v) is 7.02. The van der Waals surface area contributed by atoms with Crippen molar-refractivity contribution in [3.63, 3.8) is 0 Å². The Labute approximate surface area is 169 Å². The lowest BCUT2D eigenvalue weighted by atomic mass is 10.1. The first-order valence-corrected chi connectivity index (χ1v) is 9.67. The summed E-state index contributed by atoms with van der Waals surface area (Å²) in [6.07, 6.45) is 2.08. The van der Waals surface area contributed by atoms with Crippen molar-refractivity contribution in [3.8, 4) is 0 Å². The zero-order valence-electron chi connectivity index (χ0n) is 16.0. The van der Waals surface area contributed by atoms with Crippen LogP contribution < -0.4 is 0 Å². The number of benzene rings is 1. The van der Waals surface area contributed by atoms with Gasteiger partial charge in [0.1, 0.15) is 11.9 Å². The third-order valence-corrected chi connectivity index (χ3v) is 4.97. The van der Waals surface area contributed by atoms with Gasteiger partial charge in [-0.1, -0.05) is 30.3 Å². The minimum absolute atomic E-state index is 0.0273. The molecule has 0 spiro atoms. The number of aromatic nitrogens is 2. The van der Waals surface area contributed by atoms with E-state index in [-0.39, 0.29) is 24.2 Å². The summed E-state index contributed by atoms with van der Waals surface area (Å²) in [7, 11) is 0. The molecule has 1 aromatic carbocycles. The van der Waals surface area contributed by atoms with Crippen LogP contribution in [0.3, 0.4) is 0 Å². The number of rotatable bonds is 5. The van der Waals surface area contributed by atoms with Gasteiger partial charge in [-0.3, -0.25) is 14.8 Å². The maximum Gasteiger partial charge on any atom is 0.228 e. The highest BCUT2D eigenvalue weighted by Crippen LogP contribution is 2.22. The minimum atomic E-state index is -0.294. The van der Waals surface area contributed by atoms with Crippen LogP contribution in [0.1, 0.15) is 28.7 Å². The SMILES string of the molecule is O=C(Cc1ccccn1)N1CCO[C@@H](c2cccc(Cc3ccccc3F)n2)C1. The second-order valence-electron chi connectivity index (χ2n) is 7.02. The molecule has 1 aliphatic rings. The molecule has 6 heteroatoms. The number of halogens is 1. The average Bonchev–Trinajstić information content (AvgIpc) is 2.76. The van der Waals surface area contributed by atoms with Crippen LogP contribution in [0.2, 0.25) is 0 Å². The van der Waals surface area contributed by atoms with E-state index in [1.165, 1.54) is 6.07 Å². The molecule has 2 aromatic heterocycles. The molecule has 0 bridgehead atoms. The monoisotopic (exact) mass is 391 g/mol. The summed E-state index contributed by atoms with van der Waals surface area (Å²) >= 11 is 0. The summed E-state index contributed by atoms with van der Waals surface area (Å²) in [4.78, 5) is 23.4. The molecule has 1 aliphatic heterocycles. The molecule has 148 valence electrons. The van der Waals surface area contributed by atoms with E-state index >= 15 is 0 Å². The maximum absolute atomic E-state index is 13.9. The molecular weight excluding hydrogens is 369 g/mol. The van der Waals surface area contributed by atoms with Crippen molar-refractivity contribution in [2.75, 3.05) is 19.7 Å². The fourth-order valence-electron chi connectivity index (χ4n) is 3.44. The highest BCUT2D eigenvalue weighted by atomic mass is 19.1. The van der Waals surface area contributed by atoms with E-state index in [1.807, 2.05) is 42.5 Å². The van der Waals surface area contributed by atoms with Crippen LogP contribution >= 0.6 is 0 Å². The molecule has 1 fully saturated rings. The largest absolute Gasteiger partial charge is 0.368 e. The Kier molecular flexibility index (Phi) is 5.91. The molecule has 4 rings (SSSR count). The smallest absolute Gasteiger partial charge is 0.228 e. The summed E-state index contributed by atoms with van der Waals surface area (Å²) in [5.74, 6) is -0.209. The van der Waals surface area contributed by atoms with Gasteiger partial charge >= 0.3 is 0 Å². The van der Waals surface area contributed by atoms with Gasteiger partial charge in [0.25, 0.3) is 0 Å². The van der Waals surface area contributed by atoms with Crippen LogP contribution in [0.15, 0.2) is 66.9 Å². The molecule has 0 N–H and O–H groups in total. The summed E-state index contributed by atoms with van der Waals surface area (Å²) in [5.41, 5.74) is 2.89. The normalized spacial score (nSPS) is 16.6. The molecule has 0 radical (unpaired) electrons. The van der Waals surface area contributed by atoms with Gasteiger partial charge in [-0.25, -0.2) is 4.39 Å². The second kappa shape index (κ2) is 8.92. The molecule has 1 saturated heterocycles. The molecule has 29 heavy (non-hydrogen) atoms. The van der Waals surface area contributed by atoms with Gasteiger partial charge in [0.15, 0.2) is 0 Å². The highest BCUT2D eigenvalue weighted by molar-refractivity contribution is 5.78. The number of carbonyl (C=O) groups is 1. The van der Waals surface area contributed by atoms with Crippen molar-refractivity contribution in [2.24, 2.45) is 0 Å². The molecule has 0 aliphatic carbocycles. The minimum Gasteiger partial charge on any atom is -0.368 e. The van der Waals surface area contributed by atoms with E-state index in [0.29, 0.717) is 31.7 Å². The van der Waals surface area contributed by atoms with Gasteiger partial charge in [-0.15, -0.1) is 0 Å². The number of carbonyl (C=O) groups excluding carboxylic acids is 1. The van der Waals surface area contributed by atoms with Gasteiger partial charge in [-0.2, -0.15) is 0 Å². The van der Waals surface area contributed by atoms with Gasteiger partial charge in [0.05, 0.1) is 25.3 Å². The third-order valence-electron chi connectivity index (χ3n) is 4.97. The summed E-state index contributed by atoms with van der Waals surface area (Å²) in [5, 5.41) is 0.